The molecule has 3 N–H and O–H groups in total. The molecule has 0 aromatic carbocycles. The third-order valence-electron chi connectivity index (χ3n) is 7.70. The topological polar surface area (TPSA) is 121 Å². The highest BCUT2D eigenvalue weighted by molar-refractivity contribution is 6.00. The van der Waals surface area contributed by atoms with Crippen molar-refractivity contribution >= 4 is 17.5 Å². The highest BCUT2D eigenvalue weighted by Crippen LogP contribution is 2.66. The zero-order valence-corrected chi connectivity index (χ0v) is 15.2. The number of hydrogen-bond donors (Lipinski definition) is 3. The van der Waals surface area contributed by atoms with Crippen LogP contribution in [0.1, 0.15) is 27.7 Å². The number of ketones is 2. The number of hydrogen-bond acceptors (Lipinski definition) is 7. The first kappa shape index (κ1) is 17.8. The van der Waals surface area contributed by atoms with Gasteiger partial charge in [0.15, 0.2) is 11.6 Å². The minimum Gasteiger partial charge on any atom is -0.459 e. The molecule has 0 aromatic rings. The second kappa shape index (κ2) is 5.03. The van der Waals surface area contributed by atoms with Gasteiger partial charge in [0.05, 0.1) is 12.0 Å². The van der Waals surface area contributed by atoms with Gasteiger partial charge in [-0.05, 0) is 13.0 Å². The van der Waals surface area contributed by atoms with Crippen LogP contribution in [0.25, 0.3) is 0 Å². The lowest BCUT2D eigenvalue weighted by molar-refractivity contribution is -0.224. The van der Waals surface area contributed by atoms with Crippen LogP contribution >= 0.6 is 0 Å². The monoisotopic (exact) mass is 364 g/mol. The van der Waals surface area contributed by atoms with Gasteiger partial charge in [-0.1, -0.05) is 26.3 Å². The maximum atomic E-state index is 13.3. The van der Waals surface area contributed by atoms with E-state index in [1.54, 1.807) is 27.7 Å². The quantitative estimate of drug-likeness (QED) is 0.501. The highest BCUT2D eigenvalue weighted by Gasteiger charge is 2.76. The van der Waals surface area contributed by atoms with Crippen LogP contribution in [0.15, 0.2) is 11.6 Å². The zero-order chi connectivity index (χ0) is 19.3. The van der Waals surface area contributed by atoms with Crippen LogP contribution in [0.3, 0.4) is 0 Å². The van der Waals surface area contributed by atoms with Gasteiger partial charge in [0.1, 0.15) is 18.3 Å². The van der Waals surface area contributed by atoms with E-state index in [0.717, 1.165) is 0 Å². The Balaban J connectivity index is 2.00. The molecule has 1 aliphatic heterocycles. The highest BCUT2D eigenvalue weighted by atomic mass is 16.6. The van der Waals surface area contributed by atoms with Crippen molar-refractivity contribution < 1.29 is 34.4 Å². The summed E-state index contributed by atoms with van der Waals surface area (Å²) in [5, 5.41) is 32.7. The number of Topliss-reactive ketones (excluding diaryl/α,β-unsaturated/α-hetero) is 1. The fourth-order valence-corrected chi connectivity index (χ4v) is 6.73. The fraction of sp³-hybridized carbons (Fsp3) is 0.737. The SMILES string of the molecule is CC1=CC(=O)[C@@H](O)[C@@]2(C)[C@@H]1[C@@H](O)C(=O)[C@@]1(C)[C@H]3C(=O)O[C@H]([C@@H]3C)[C@H](O)[C@@H]12. The van der Waals surface area contributed by atoms with Crippen LogP contribution in [-0.2, 0) is 19.1 Å². The average molecular weight is 364 g/mol. The van der Waals surface area contributed by atoms with Crippen molar-refractivity contribution in [2.75, 3.05) is 0 Å². The zero-order valence-electron chi connectivity index (χ0n) is 15.2. The fourth-order valence-electron chi connectivity index (χ4n) is 6.73. The predicted octanol–water partition coefficient (Wildman–Crippen LogP) is -0.383. The molecule has 0 radical (unpaired) electrons. The third kappa shape index (κ3) is 1.67. The smallest absolute Gasteiger partial charge is 0.310 e. The van der Waals surface area contributed by atoms with Crippen molar-refractivity contribution in [2.45, 2.75) is 52.1 Å². The summed E-state index contributed by atoms with van der Waals surface area (Å²) in [5.41, 5.74) is -2.22. The first-order chi connectivity index (χ1) is 12.0. The normalized spacial score (nSPS) is 55.8. The summed E-state index contributed by atoms with van der Waals surface area (Å²) in [4.78, 5) is 38.1. The van der Waals surface area contributed by atoms with Gasteiger partial charge >= 0.3 is 5.97 Å². The van der Waals surface area contributed by atoms with E-state index in [0.29, 0.717) is 5.57 Å². The van der Waals surface area contributed by atoms with Crippen LogP contribution in [0.4, 0.5) is 0 Å². The maximum Gasteiger partial charge on any atom is 0.310 e. The van der Waals surface area contributed by atoms with Gasteiger partial charge in [-0.2, -0.15) is 0 Å². The molecule has 3 fully saturated rings. The van der Waals surface area contributed by atoms with E-state index in [9.17, 15) is 29.7 Å². The first-order valence-electron chi connectivity index (χ1n) is 9.00. The van der Waals surface area contributed by atoms with Crippen LogP contribution in [-0.4, -0.2) is 57.3 Å². The second-order valence-corrected chi connectivity index (χ2v) is 8.84. The largest absolute Gasteiger partial charge is 0.459 e. The van der Waals surface area contributed by atoms with E-state index in [-0.39, 0.29) is 0 Å². The summed E-state index contributed by atoms with van der Waals surface area (Å²) in [6.07, 6.45) is -3.70. The lowest BCUT2D eigenvalue weighted by atomic mass is 9.39. The summed E-state index contributed by atoms with van der Waals surface area (Å²) >= 11 is 0. The Morgan fingerprint density at radius 1 is 1.08 bits per heavy atom. The molecule has 0 spiro atoms. The Hall–Kier alpha value is -1.57. The molecule has 7 heteroatoms. The summed E-state index contributed by atoms with van der Waals surface area (Å²) in [6.45, 7) is 6.56. The van der Waals surface area contributed by atoms with E-state index in [2.05, 4.69) is 0 Å². The van der Waals surface area contributed by atoms with Gasteiger partial charge in [-0.3, -0.25) is 14.4 Å². The van der Waals surface area contributed by atoms with Gasteiger partial charge in [-0.25, -0.2) is 0 Å². The predicted molar refractivity (Wildman–Crippen MR) is 87.5 cm³/mol. The lowest BCUT2D eigenvalue weighted by Gasteiger charge is -2.63. The van der Waals surface area contributed by atoms with Crippen molar-refractivity contribution in [3.63, 3.8) is 0 Å². The molecule has 2 bridgehead atoms. The Labute approximate surface area is 151 Å². The summed E-state index contributed by atoms with van der Waals surface area (Å²) < 4.78 is 5.36. The molecule has 142 valence electrons. The molecule has 2 saturated carbocycles. The molecule has 7 nitrogen and oxygen atoms in total. The van der Waals surface area contributed by atoms with E-state index in [4.69, 9.17) is 4.74 Å². The van der Waals surface area contributed by atoms with Crippen LogP contribution < -0.4 is 0 Å². The van der Waals surface area contributed by atoms with E-state index in [1.807, 2.05) is 0 Å². The van der Waals surface area contributed by atoms with Crippen molar-refractivity contribution in [3.8, 4) is 0 Å². The van der Waals surface area contributed by atoms with Gasteiger partial charge < -0.3 is 20.1 Å². The summed E-state index contributed by atoms with van der Waals surface area (Å²) in [6, 6.07) is 0. The Kier molecular flexibility index (Phi) is 3.45. The molecule has 4 aliphatic rings. The van der Waals surface area contributed by atoms with Crippen molar-refractivity contribution in [3.05, 3.63) is 11.6 Å². The Bertz CT molecular complexity index is 757. The lowest BCUT2D eigenvalue weighted by Crippen LogP contribution is -2.73. The molecular weight excluding hydrogens is 340 g/mol. The van der Waals surface area contributed by atoms with E-state index < -0.39 is 76.5 Å². The molecule has 0 amide bonds. The van der Waals surface area contributed by atoms with Crippen LogP contribution in [0.2, 0.25) is 0 Å². The minimum atomic E-state index is -1.49. The third-order valence-corrected chi connectivity index (χ3v) is 7.70. The molecule has 1 heterocycles. The van der Waals surface area contributed by atoms with Crippen molar-refractivity contribution in [2.24, 2.45) is 34.5 Å². The number of esters is 1. The number of carbonyl (C=O) groups excluding carboxylic acids is 3. The van der Waals surface area contributed by atoms with Gasteiger partial charge in [-0.15, -0.1) is 0 Å². The van der Waals surface area contributed by atoms with Crippen LogP contribution in [0, 0.1) is 34.5 Å². The standard InChI is InChI=1S/C19H24O7/c1-6-5-8(20)15(23)18(3)9(6)11(21)16(24)19(4)10-7(2)13(26-17(10)25)12(22)14(18)19/h5,7,9-15,21-23H,1-4H3/t7-,9+,10-,11-,12+,13-,14-,15-,18+,19+/m1/s1. The van der Waals surface area contributed by atoms with Gasteiger partial charge in [0, 0.05) is 28.6 Å². The molecule has 3 aliphatic carbocycles. The first-order valence-corrected chi connectivity index (χ1v) is 9.00. The average Bonchev–Trinajstić information content (AvgIpc) is 2.80. The molecular formula is C19H24O7. The Morgan fingerprint density at radius 3 is 2.31 bits per heavy atom. The van der Waals surface area contributed by atoms with Gasteiger partial charge in [0.25, 0.3) is 0 Å². The molecule has 10 atom stereocenters. The number of rotatable bonds is 0. The second-order valence-electron chi connectivity index (χ2n) is 8.84. The van der Waals surface area contributed by atoms with E-state index >= 15 is 0 Å². The molecule has 0 unspecified atom stereocenters. The van der Waals surface area contributed by atoms with Crippen molar-refractivity contribution in [1.29, 1.82) is 0 Å². The maximum absolute atomic E-state index is 13.3. The summed E-state index contributed by atoms with van der Waals surface area (Å²) in [7, 11) is 0. The number of ether oxygens (including phenoxy) is 1. The molecule has 26 heavy (non-hydrogen) atoms. The summed E-state index contributed by atoms with van der Waals surface area (Å²) in [5.74, 6) is -4.55. The van der Waals surface area contributed by atoms with Gasteiger partial charge in [0.2, 0.25) is 0 Å². The Morgan fingerprint density at radius 2 is 1.69 bits per heavy atom. The number of aliphatic hydroxyl groups excluding tert-OH is 3. The van der Waals surface area contributed by atoms with Crippen molar-refractivity contribution in [1.82, 2.24) is 0 Å². The number of fused-ring (bicyclic) bond motifs is 6. The number of carbonyl (C=O) groups is 3. The number of aliphatic hydroxyl groups is 3. The minimum absolute atomic E-state index is 0.400. The molecule has 4 rings (SSSR count). The molecule has 0 aromatic heterocycles. The molecule has 1 saturated heterocycles. The van der Waals surface area contributed by atoms with E-state index in [1.165, 1.54) is 6.08 Å². The van der Waals surface area contributed by atoms with Crippen LogP contribution in [0.5, 0.6) is 0 Å².